The van der Waals surface area contributed by atoms with Crippen molar-refractivity contribution >= 4 is 0 Å². The molecule has 0 aliphatic rings. The third kappa shape index (κ3) is 3.14. The van der Waals surface area contributed by atoms with Gasteiger partial charge in [0.25, 0.3) is 0 Å². The van der Waals surface area contributed by atoms with E-state index in [1.165, 1.54) is 5.56 Å². The number of nitrogens with two attached hydrogens (primary N) is 1. The summed E-state index contributed by atoms with van der Waals surface area (Å²) in [6.45, 7) is 3.25. The van der Waals surface area contributed by atoms with Gasteiger partial charge in [-0.05, 0) is 43.3 Å². The Morgan fingerprint density at radius 3 is 2.83 bits per heavy atom. The Kier molecular flexibility index (Phi) is 4.42. The molecule has 1 heterocycles. The van der Waals surface area contributed by atoms with Gasteiger partial charge in [0.15, 0.2) is 0 Å². The predicted octanol–water partition coefficient (Wildman–Crippen LogP) is 2.96. The average molecular weight is 245 g/mol. The number of hydrogen-bond donors (Lipinski definition) is 1. The molecule has 3 heteroatoms. The number of hydrogen-bond acceptors (Lipinski definition) is 3. The van der Waals surface area contributed by atoms with Crippen molar-refractivity contribution in [3.63, 3.8) is 0 Å². The van der Waals surface area contributed by atoms with Gasteiger partial charge in [0, 0.05) is 12.3 Å². The van der Waals surface area contributed by atoms with Crippen LogP contribution in [0.15, 0.2) is 47.1 Å². The third-order valence-electron chi connectivity index (χ3n) is 2.95. The number of furan rings is 1. The van der Waals surface area contributed by atoms with Gasteiger partial charge in [-0.15, -0.1) is 0 Å². The van der Waals surface area contributed by atoms with E-state index in [0.29, 0.717) is 13.2 Å². The summed E-state index contributed by atoms with van der Waals surface area (Å²) in [5.41, 5.74) is 7.06. The lowest BCUT2D eigenvalue weighted by atomic mass is 9.94. The molecule has 18 heavy (non-hydrogen) atoms. The molecule has 0 bridgehead atoms. The number of ether oxygens (including phenoxy) is 1. The summed E-state index contributed by atoms with van der Waals surface area (Å²) < 4.78 is 10.9. The fourth-order valence-corrected chi connectivity index (χ4v) is 2.03. The molecule has 1 aromatic carbocycles. The van der Waals surface area contributed by atoms with Crippen molar-refractivity contribution in [3.05, 3.63) is 54.0 Å². The summed E-state index contributed by atoms with van der Waals surface area (Å²) in [5.74, 6) is 2.12. The zero-order chi connectivity index (χ0) is 12.8. The van der Waals surface area contributed by atoms with Gasteiger partial charge in [-0.1, -0.05) is 12.1 Å². The van der Waals surface area contributed by atoms with Crippen LogP contribution in [0.25, 0.3) is 0 Å². The first-order valence-electron chi connectivity index (χ1n) is 6.28. The van der Waals surface area contributed by atoms with Crippen molar-refractivity contribution in [3.8, 4) is 5.75 Å². The second kappa shape index (κ2) is 6.26. The second-order valence-electron chi connectivity index (χ2n) is 4.22. The van der Waals surface area contributed by atoms with Gasteiger partial charge in [-0.3, -0.25) is 0 Å². The van der Waals surface area contributed by atoms with Crippen LogP contribution in [0.5, 0.6) is 5.75 Å². The third-order valence-corrected chi connectivity index (χ3v) is 2.95. The van der Waals surface area contributed by atoms with Crippen molar-refractivity contribution in [1.82, 2.24) is 0 Å². The van der Waals surface area contributed by atoms with Crippen LogP contribution in [0.1, 0.15) is 24.2 Å². The van der Waals surface area contributed by atoms with E-state index in [1.54, 1.807) is 6.26 Å². The van der Waals surface area contributed by atoms with Crippen LogP contribution < -0.4 is 10.5 Å². The van der Waals surface area contributed by atoms with Gasteiger partial charge in [-0.25, -0.2) is 0 Å². The molecule has 3 nitrogen and oxygen atoms in total. The van der Waals surface area contributed by atoms with Gasteiger partial charge in [0.2, 0.25) is 0 Å². The minimum atomic E-state index is 0.261. The molecule has 2 rings (SSSR count). The van der Waals surface area contributed by atoms with Crippen LogP contribution in [-0.4, -0.2) is 13.2 Å². The van der Waals surface area contributed by atoms with Gasteiger partial charge < -0.3 is 14.9 Å². The molecule has 96 valence electrons. The maximum atomic E-state index is 5.86. The minimum absolute atomic E-state index is 0.261. The summed E-state index contributed by atoms with van der Waals surface area (Å²) in [7, 11) is 0. The Morgan fingerprint density at radius 2 is 2.17 bits per heavy atom. The van der Waals surface area contributed by atoms with Crippen LogP contribution in [0, 0.1) is 0 Å². The van der Waals surface area contributed by atoms with Crippen molar-refractivity contribution in [2.24, 2.45) is 5.73 Å². The molecule has 0 saturated carbocycles. The zero-order valence-electron chi connectivity index (χ0n) is 10.6. The molecule has 0 saturated heterocycles. The Hall–Kier alpha value is -1.74. The lowest BCUT2D eigenvalue weighted by Crippen LogP contribution is -2.14. The molecule has 0 aliphatic carbocycles. The molecule has 1 unspecified atom stereocenters. The quantitative estimate of drug-likeness (QED) is 0.851. The van der Waals surface area contributed by atoms with E-state index in [9.17, 15) is 0 Å². The highest BCUT2D eigenvalue weighted by atomic mass is 16.5. The predicted molar refractivity (Wildman–Crippen MR) is 71.8 cm³/mol. The SMILES string of the molecule is CCOc1cccc(C(CN)Cc2ccco2)c1. The molecule has 0 radical (unpaired) electrons. The highest BCUT2D eigenvalue weighted by Gasteiger charge is 2.13. The fraction of sp³-hybridized carbons (Fsp3) is 0.333. The first-order valence-corrected chi connectivity index (χ1v) is 6.28. The molecular weight excluding hydrogens is 226 g/mol. The van der Waals surface area contributed by atoms with E-state index in [4.69, 9.17) is 14.9 Å². The lowest BCUT2D eigenvalue weighted by Gasteiger charge is -2.15. The van der Waals surface area contributed by atoms with Crippen molar-refractivity contribution in [1.29, 1.82) is 0 Å². The Bertz CT molecular complexity index is 465. The van der Waals surface area contributed by atoms with E-state index < -0.39 is 0 Å². The van der Waals surface area contributed by atoms with Gasteiger partial charge >= 0.3 is 0 Å². The zero-order valence-corrected chi connectivity index (χ0v) is 10.6. The molecule has 1 atom stereocenters. The molecule has 2 aromatic rings. The molecule has 0 amide bonds. The first-order chi connectivity index (χ1) is 8.83. The maximum Gasteiger partial charge on any atom is 0.119 e. The minimum Gasteiger partial charge on any atom is -0.494 e. The normalized spacial score (nSPS) is 12.3. The standard InChI is InChI=1S/C15H19NO2/c1-2-17-14-6-3-5-12(9-14)13(11-16)10-15-7-4-8-18-15/h3-9,13H,2,10-11,16H2,1H3. The van der Waals surface area contributed by atoms with Gasteiger partial charge in [0.1, 0.15) is 11.5 Å². The van der Waals surface area contributed by atoms with Crippen LogP contribution in [0.3, 0.4) is 0 Å². The van der Waals surface area contributed by atoms with E-state index in [1.807, 2.05) is 31.2 Å². The molecule has 0 aliphatic heterocycles. The monoisotopic (exact) mass is 245 g/mol. The van der Waals surface area contributed by atoms with Crippen molar-refractivity contribution in [2.45, 2.75) is 19.3 Å². The fourth-order valence-electron chi connectivity index (χ4n) is 2.03. The smallest absolute Gasteiger partial charge is 0.119 e. The highest BCUT2D eigenvalue weighted by molar-refractivity contribution is 5.31. The Labute approximate surface area is 108 Å². The van der Waals surface area contributed by atoms with Gasteiger partial charge in [0.05, 0.1) is 12.9 Å². The van der Waals surface area contributed by atoms with Crippen LogP contribution in [0.4, 0.5) is 0 Å². The topological polar surface area (TPSA) is 48.4 Å². The maximum absolute atomic E-state index is 5.86. The summed E-state index contributed by atoms with van der Waals surface area (Å²) >= 11 is 0. The van der Waals surface area contributed by atoms with E-state index in [2.05, 4.69) is 12.1 Å². The molecule has 0 fully saturated rings. The van der Waals surface area contributed by atoms with Gasteiger partial charge in [-0.2, -0.15) is 0 Å². The van der Waals surface area contributed by atoms with E-state index in [-0.39, 0.29) is 5.92 Å². The van der Waals surface area contributed by atoms with Crippen molar-refractivity contribution in [2.75, 3.05) is 13.2 Å². The lowest BCUT2D eigenvalue weighted by molar-refractivity contribution is 0.339. The first kappa shape index (κ1) is 12.7. The largest absolute Gasteiger partial charge is 0.494 e. The molecule has 1 aromatic heterocycles. The summed E-state index contributed by atoms with van der Waals surface area (Å²) in [5, 5.41) is 0. The molecule has 0 spiro atoms. The Morgan fingerprint density at radius 1 is 1.28 bits per heavy atom. The number of rotatable bonds is 6. The van der Waals surface area contributed by atoms with Crippen LogP contribution >= 0.6 is 0 Å². The van der Waals surface area contributed by atoms with E-state index >= 15 is 0 Å². The number of benzene rings is 1. The molecular formula is C15H19NO2. The highest BCUT2D eigenvalue weighted by Crippen LogP contribution is 2.24. The molecule has 2 N–H and O–H groups in total. The Balaban J connectivity index is 2.13. The summed E-state index contributed by atoms with van der Waals surface area (Å²) in [6, 6.07) is 12.0. The van der Waals surface area contributed by atoms with Crippen LogP contribution in [-0.2, 0) is 6.42 Å². The second-order valence-corrected chi connectivity index (χ2v) is 4.22. The summed E-state index contributed by atoms with van der Waals surface area (Å²) in [6.07, 6.45) is 2.51. The van der Waals surface area contributed by atoms with E-state index in [0.717, 1.165) is 17.9 Å². The van der Waals surface area contributed by atoms with Crippen LogP contribution in [0.2, 0.25) is 0 Å². The average Bonchev–Trinajstić information content (AvgIpc) is 2.89. The summed E-state index contributed by atoms with van der Waals surface area (Å²) in [4.78, 5) is 0. The van der Waals surface area contributed by atoms with Crippen molar-refractivity contribution < 1.29 is 9.15 Å².